The summed E-state index contributed by atoms with van der Waals surface area (Å²) < 4.78 is 0. The minimum Gasteiger partial charge on any atom is -0.481 e. The summed E-state index contributed by atoms with van der Waals surface area (Å²) in [5, 5.41) is 12.4. The van der Waals surface area contributed by atoms with Gasteiger partial charge in [0.2, 0.25) is 5.91 Å². The van der Waals surface area contributed by atoms with E-state index >= 15 is 0 Å². The first-order valence-corrected chi connectivity index (χ1v) is 6.69. The smallest absolute Gasteiger partial charge is 0.306 e. The first kappa shape index (κ1) is 13.9. The minimum absolute atomic E-state index is 0.0131. The largest absolute Gasteiger partial charge is 0.481 e. The zero-order chi connectivity index (χ0) is 13.8. The van der Waals surface area contributed by atoms with E-state index in [0.717, 1.165) is 12.0 Å². The molecule has 1 aromatic carbocycles. The maximum Gasteiger partial charge on any atom is 0.306 e. The molecule has 2 N–H and O–H groups in total. The molecule has 2 rings (SSSR count). The number of benzene rings is 1. The van der Waals surface area contributed by atoms with Crippen molar-refractivity contribution in [3.8, 4) is 0 Å². The van der Waals surface area contributed by atoms with Gasteiger partial charge in [-0.25, -0.2) is 0 Å². The van der Waals surface area contributed by atoms with Gasteiger partial charge in [-0.3, -0.25) is 9.59 Å². The molecule has 102 valence electrons. The highest BCUT2D eigenvalue weighted by Gasteiger charge is 2.30. The molecule has 0 bridgehead atoms. The second-order valence-electron chi connectivity index (χ2n) is 4.92. The summed E-state index contributed by atoms with van der Waals surface area (Å²) >= 11 is 5.78. The van der Waals surface area contributed by atoms with Crippen LogP contribution in [0.2, 0.25) is 5.02 Å². The summed E-state index contributed by atoms with van der Waals surface area (Å²) in [7, 11) is 0. The lowest BCUT2D eigenvalue weighted by atomic mass is 10.1. The Morgan fingerprint density at radius 2 is 1.95 bits per heavy atom. The number of halogens is 1. The molecule has 2 atom stereocenters. The number of aliphatic carboxylic acids is 1. The molecule has 0 spiro atoms. The van der Waals surface area contributed by atoms with Crippen LogP contribution in [0.25, 0.3) is 0 Å². The number of nitrogens with one attached hydrogen (secondary N) is 1. The lowest BCUT2D eigenvalue weighted by Gasteiger charge is -2.12. The van der Waals surface area contributed by atoms with E-state index in [0.29, 0.717) is 24.3 Å². The van der Waals surface area contributed by atoms with E-state index in [1.807, 2.05) is 12.1 Å². The van der Waals surface area contributed by atoms with E-state index in [2.05, 4.69) is 5.32 Å². The van der Waals surface area contributed by atoms with Crippen LogP contribution >= 0.6 is 11.6 Å². The van der Waals surface area contributed by atoms with Crippen LogP contribution in [0.5, 0.6) is 0 Å². The molecular weight excluding hydrogens is 266 g/mol. The van der Waals surface area contributed by atoms with Crippen molar-refractivity contribution in [1.29, 1.82) is 0 Å². The maximum absolute atomic E-state index is 11.8. The Labute approximate surface area is 116 Å². The standard InChI is InChI=1S/C14H16ClNO3/c15-11-4-1-9(2-5-11)7-13(17)16-12-6-3-10(8-12)14(18)19/h1-2,4-5,10,12H,3,6-8H2,(H,16,17)(H,18,19). The number of hydrogen-bond donors (Lipinski definition) is 2. The number of carboxylic acid groups (broad SMARTS) is 1. The molecule has 1 aliphatic carbocycles. The minimum atomic E-state index is -0.769. The van der Waals surface area contributed by atoms with E-state index in [-0.39, 0.29) is 17.9 Å². The van der Waals surface area contributed by atoms with Crippen LogP contribution < -0.4 is 5.32 Å². The van der Waals surface area contributed by atoms with Gasteiger partial charge in [0.15, 0.2) is 0 Å². The van der Waals surface area contributed by atoms with Crippen molar-refractivity contribution in [2.24, 2.45) is 5.92 Å². The van der Waals surface area contributed by atoms with Gasteiger partial charge in [-0.15, -0.1) is 0 Å². The van der Waals surface area contributed by atoms with Gasteiger partial charge < -0.3 is 10.4 Å². The Balaban J connectivity index is 1.82. The zero-order valence-corrected chi connectivity index (χ0v) is 11.2. The van der Waals surface area contributed by atoms with Crippen molar-refractivity contribution < 1.29 is 14.7 Å². The lowest BCUT2D eigenvalue weighted by Crippen LogP contribution is -2.34. The maximum atomic E-state index is 11.8. The number of rotatable bonds is 4. The van der Waals surface area contributed by atoms with Crippen LogP contribution in [0.3, 0.4) is 0 Å². The van der Waals surface area contributed by atoms with Gasteiger partial charge in [0.05, 0.1) is 12.3 Å². The summed E-state index contributed by atoms with van der Waals surface area (Å²) in [5.74, 6) is -1.16. The molecule has 0 heterocycles. The topological polar surface area (TPSA) is 66.4 Å². The fourth-order valence-corrected chi connectivity index (χ4v) is 2.53. The van der Waals surface area contributed by atoms with Crippen LogP contribution in [-0.2, 0) is 16.0 Å². The first-order chi connectivity index (χ1) is 9.04. The molecule has 1 amide bonds. The van der Waals surface area contributed by atoms with Gasteiger partial charge >= 0.3 is 5.97 Å². The molecule has 0 aromatic heterocycles. The molecule has 1 fully saturated rings. The van der Waals surface area contributed by atoms with Gasteiger partial charge in [-0.05, 0) is 37.0 Å². The van der Waals surface area contributed by atoms with Crippen LogP contribution in [0, 0.1) is 5.92 Å². The van der Waals surface area contributed by atoms with Crippen molar-refractivity contribution in [3.05, 3.63) is 34.9 Å². The van der Waals surface area contributed by atoms with E-state index in [9.17, 15) is 9.59 Å². The van der Waals surface area contributed by atoms with Gasteiger partial charge in [0.1, 0.15) is 0 Å². The highest BCUT2D eigenvalue weighted by molar-refractivity contribution is 6.30. The average molecular weight is 282 g/mol. The van der Waals surface area contributed by atoms with Crippen LogP contribution in [0.1, 0.15) is 24.8 Å². The molecule has 1 aliphatic rings. The van der Waals surface area contributed by atoms with Crippen molar-refractivity contribution in [2.45, 2.75) is 31.7 Å². The molecule has 1 aromatic rings. The molecule has 5 heteroatoms. The van der Waals surface area contributed by atoms with Crippen LogP contribution in [-0.4, -0.2) is 23.0 Å². The fraction of sp³-hybridized carbons (Fsp3) is 0.429. The lowest BCUT2D eigenvalue weighted by molar-refractivity contribution is -0.141. The highest BCUT2D eigenvalue weighted by Crippen LogP contribution is 2.25. The summed E-state index contributed by atoms with van der Waals surface area (Å²) in [4.78, 5) is 22.7. The monoisotopic (exact) mass is 281 g/mol. The number of carbonyl (C=O) groups excluding carboxylic acids is 1. The Bertz CT molecular complexity index is 472. The van der Waals surface area contributed by atoms with E-state index in [4.69, 9.17) is 16.7 Å². The molecular formula is C14H16ClNO3. The third kappa shape index (κ3) is 3.96. The predicted molar refractivity (Wildman–Crippen MR) is 72.1 cm³/mol. The molecule has 0 radical (unpaired) electrons. The Hall–Kier alpha value is -1.55. The van der Waals surface area contributed by atoms with Crippen molar-refractivity contribution >= 4 is 23.5 Å². The first-order valence-electron chi connectivity index (χ1n) is 6.31. The third-order valence-corrected chi connectivity index (χ3v) is 3.68. The van der Waals surface area contributed by atoms with Crippen LogP contribution in [0.4, 0.5) is 0 Å². The Morgan fingerprint density at radius 3 is 2.53 bits per heavy atom. The number of carboxylic acids is 1. The molecule has 4 nitrogen and oxygen atoms in total. The van der Waals surface area contributed by atoms with Gasteiger partial charge in [0.25, 0.3) is 0 Å². The fourth-order valence-electron chi connectivity index (χ4n) is 2.40. The van der Waals surface area contributed by atoms with Gasteiger partial charge in [-0.1, -0.05) is 23.7 Å². The summed E-state index contributed by atoms with van der Waals surface area (Å²) in [5.41, 5.74) is 0.898. The summed E-state index contributed by atoms with van der Waals surface area (Å²) in [6.07, 6.45) is 2.21. The zero-order valence-electron chi connectivity index (χ0n) is 10.4. The molecule has 1 saturated carbocycles. The summed E-state index contributed by atoms with van der Waals surface area (Å²) in [6, 6.07) is 7.12. The molecule has 2 unspecified atom stereocenters. The van der Waals surface area contributed by atoms with Crippen molar-refractivity contribution in [1.82, 2.24) is 5.32 Å². The second-order valence-corrected chi connectivity index (χ2v) is 5.35. The van der Waals surface area contributed by atoms with Crippen molar-refractivity contribution in [3.63, 3.8) is 0 Å². The third-order valence-electron chi connectivity index (χ3n) is 3.42. The molecule has 19 heavy (non-hydrogen) atoms. The quantitative estimate of drug-likeness (QED) is 0.889. The number of carbonyl (C=O) groups is 2. The Morgan fingerprint density at radius 1 is 1.26 bits per heavy atom. The van der Waals surface area contributed by atoms with Crippen molar-refractivity contribution in [2.75, 3.05) is 0 Å². The average Bonchev–Trinajstić information content (AvgIpc) is 2.80. The van der Waals surface area contributed by atoms with E-state index < -0.39 is 5.97 Å². The molecule has 0 aliphatic heterocycles. The predicted octanol–water partition coefficient (Wildman–Crippen LogP) is 2.25. The van der Waals surface area contributed by atoms with Gasteiger partial charge in [0, 0.05) is 11.1 Å². The molecule has 0 saturated heterocycles. The van der Waals surface area contributed by atoms with Gasteiger partial charge in [-0.2, -0.15) is 0 Å². The number of hydrogen-bond acceptors (Lipinski definition) is 2. The second kappa shape index (κ2) is 6.06. The SMILES string of the molecule is O=C(Cc1ccc(Cl)cc1)NC1CCC(C(=O)O)C1. The Kier molecular flexibility index (Phi) is 4.43. The summed E-state index contributed by atoms with van der Waals surface area (Å²) in [6.45, 7) is 0. The van der Waals surface area contributed by atoms with E-state index in [1.165, 1.54) is 0 Å². The highest BCUT2D eigenvalue weighted by atomic mass is 35.5. The van der Waals surface area contributed by atoms with Crippen LogP contribution in [0.15, 0.2) is 24.3 Å². The normalized spacial score (nSPS) is 22.2. The van der Waals surface area contributed by atoms with E-state index in [1.54, 1.807) is 12.1 Å². The number of amides is 1.